The van der Waals surface area contributed by atoms with Gasteiger partial charge < -0.3 is 65.1 Å². The Morgan fingerprint density at radius 1 is 0.450 bits per heavy atom. The Kier molecular flexibility index (Phi) is 47.2. The Bertz CT molecular complexity index is 1570. The van der Waals surface area contributed by atoms with Crippen LogP contribution in [0.4, 0.5) is 0 Å². The number of nitrogens with one attached hydrogen (secondary N) is 1. The fourth-order valence-electron chi connectivity index (χ4n) is 10.4. The first kappa shape index (κ1) is 73.8. The summed E-state index contributed by atoms with van der Waals surface area (Å²) in [5.41, 5.74) is 0. The van der Waals surface area contributed by atoms with Gasteiger partial charge in [-0.2, -0.15) is 0 Å². The van der Waals surface area contributed by atoms with E-state index in [1.54, 1.807) is 6.08 Å². The van der Waals surface area contributed by atoms with Gasteiger partial charge in [-0.25, -0.2) is 0 Å². The summed E-state index contributed by atoms with van der Waals surface area (Å²) < 4.78 is 22.8. The molecule has 2 rings (SSSR count). The molecule has 12 unspecified atom stereocenters. The fourth-order valence-corrected chi connectivity index (χ4v) is 10.4. The van der Waals surface area contributed by atoms with Gasteiger partial charge in [-0.15, -0.1) is 0 Å². The lowest BCUT2D eigenvalue weighted by Crippen LogP contribution is -2.65. The molecule has 0 saturated carbocycles. The van der Waals surface area contributed by atoms with Gasteiger partial charge >= 0.3 is 0 Å². The molecule has 0 radical (unpaired) electrons. The van der Waals surface area contributed by atoms with E-state index in [9.17, 15) is 45.6 Å². The van der Waals surface area contributed by atoms with Gasteiger partial charge in [-0.3, -0.25) is 4.79 Å². The number of allylic oxidation sites excluding steroid dienone is 9. The third-order valence-electron chi connectivity index (χ3n) is 15.7. The number of aliphatic hydroxyl groups is 8. The molecule has 2 aliphatic heterocycles. The average molecular weight is 1130 g/mol. The van der Waals surface area contributed by atoms with Crippen LogP contribution in [-0.4, -0.2) is 140 Å². The van der Waals surface area contributed by atoms with Gasteiger partial charge in [0.25, 0.3) is 0 Å². The van der Waals surface area contributed by atoms with E-state index < -0.39 is 86.8 Å². The van der Waals surface area contributed by atoms with E-state index in [0.717, 1.165) is 51.4 Å². The van der Waals surface area contributed by atoms with E-state index in [0.29, 0.717) is 12.8 Å². The van der Waals surface area contributed by atoms with Crippen molar-refractivity contribution in [1.82, 2.24) is 5.32 Å². The molecule has 0 aliphatic carbocycles. The molecule has 0 spiro atoms. The summed E-state index contributed by atoms with van der Waals surface area (Å²) >= 11 is 0. The molecule has 14 heteroatoms. The molecular formula is C66H119NO13. The van der Waals surface area contributed by atoms with Crippen molar-refractivity contribution in [1.29, 1.82) is 0 Å². The molecule has 2 fully saturated rings. The molecule has 12 atom stereocenters. The van der Waals surface area contributed by atoms with Crippen LogP contribution in [0.15, 0.2) is 60.8 Å². The molecular weight excluding hydrogens is 1010 g/mol. The van der Waals surface area contributed by atoms with E-state index in [4.69, 9.17) is 18.9 Å². The highest BCUT2D eigenvalue weighted by molar-refractivity contribution is 5.76. The number of hydrogen-bond donors (Lipinski definition) is 9. The van der Waals surface area contributed by atoms with Crippen molar-refractivity contribution >= 4 is 5.91 Å². The zero-order chi connectivity index (χ0) is 58.1. The summed E-state index contributed by atoms with van der Waals surface area (Å²) in [6, 6.07) is -0.939. The maximum Gasteiger partial charge on any atom is 0.220 e. The summed E-state index contributed by atoms with van der Waals surface area (Å²) in [4.78, 5) is 13.3. The smallest absolute Gasteiger partial charge is 0.220 e. The maximum absolute atomic E-state index is 13.3. The Morgan fingerprint density at radius 2 is 0.838 bits per heavy atom. The molecule has 466 valence electrons. The molecule has 0 aromatic carbocycles. The van der Waals surface area contributed by atoms with Crippen LogP contribution in [0.25, 0.3) is 0 Å². The van der Waals surface area contributed by atoms with Crippen molar-refractivity contribution in [3.05, 3.63) is 60.8 Å². The third kappa shape index (κ3) is 35.7. The molecule has 2 aliphatic rings. The standard InChI is InChI=1S/C66H119NO13/c1-3-5-7-9-11-13-15-17-19-21-22-23-24-25-26-27-28-29-30-31-32-34-36-38-40-42-44-46-48-50-58(71)67-54(55(70)49-47-45-43-41-39-37-35-33-20-18-16-14-12-10-8-6-4-2)53-77-65-63(76)61(74)64(57(52-69)79-65)80-66-62(75)60(73)59(72)56(51-68)78-66/h15,17,20-22,33,39,41,47,49,54-57,59-66,68-70,72-76H,3-14,16,18-19,23-32,34-38,40,42-46,48,50-53H2,1-2H3,(H,67,71)/b17-15-,22-21-,33-20+,41-39+,49-47+. The van der Waals surface area contributed by atoms with Crippen molar-refractivity contribution in [2.45, 2.75) is 331 Å². The van der Waals surface area contributed by atoms with Gasteiger partial charge in [-0.05, 0) is 77.0 Å². The first-order valence-corrected chi connectivity index (χ1v) is 32.5. The first-order valence-electron chi connectivity index (χ1n) is 32.5. The largest absolute Gasteiger partial charge is 0.394 e. The first-order chi connectivity index (χ1) is 39.1. The predicted molar refractivity (Wildman–Crippen MR) is 323 cm³/mol. The minimum atomic E-state index is -1.79. The van der Waals surface area contributed by atoms with Crippen LogP contribution in [0.1, 0.15) is 258 Å². The number of rotatable bonds is 52. The summed E-state index contributed by atoms with van der Waals surface area (Å²) in [6.07, 6.45) is 49.9. The van der Waals surface area contributed by atoms with Crippen molar-refractivity contribution in [3.63, 3.8) is 0 Å². The highest BCUT2D eigenvalue weighted by Crippen LogP contribution is 2.30. The van der Waals surface area contributed by atoms with Crippen LogP contribution in [0.5, 0.6) is 0 Å². The fraction of sp³-hybridized carbons (Fsp3) is 0.833. The Balaban J connectivity index is 1.70. The number of carbonyl (C=O) groups is 1. The molecule has 9 N–H and O–H groups in total. The lowest BCUT2D eigenvalue weighted by molar-refractivity contribution is -0.359. The minimum absolute atomic E-state index is 0.252. The van der Waals surface area contributed by atoms with Gasteiger partial charge in [0.1, 0.15) is 48.8 Å². The molecule has 2 saturated heterocycles. The quantitative estimate of drug-likeness (QED) is 0.0204. The second kappa shape index (κ2) is 51.1. The van der Waals surface area contributed by atoms with Gasteiger partial charge in [-0.1, -0.05) is 235 Å². The maximum atomic E-state index is 13.3. The second-order valence-corrected chi connectivity index (χ2v) is 22.9. The van der Waals surface area contributed by atoms with Crippen molar-refractivity contribution in [2.24, 2.45) is 0 Å². The van der Waals surface area contributed by atoms with Crippen LogP contribution in [0.2, 0.25) is 0 Å². The van der Waals surface area contributed by atoms with Crippen molar-refractivity contribution in [2.75, 3.05) is 19.8 Å². The van der Waals surface area contributed by atoms with E-state index in [1.807, 2.05) is 6.08 Å². The zero-order valence-electron chi connectivity index (χ0n) is 50.3. The Labute approximate surface area is 486 Å². The van der Waals surface area contributed by atoms with Gasteiger partial charge in [0.2, 0.25) is 5.91 Å². The summed E-state index contributed by atoms with van der Waals surface area (Å²) in [5, 5.41) is 87.2. The number of ether oxygens (including phenoxy) is 4. The van der Waals surface area contributed by atoms with E-state index in [-0.39, 0.29) is 18.9 Å². The topological polar surface area (TPSA) is 228 Å². The Hall–Kier alpha value is -2.31. The summed E-state index contributed by atoms with van der Waals surface area (Å²) in [5.74, 6) is -0.252. The van der Waals surface area contributed by atoms with Crippen LogP contribution in [0, 0.1) is 0 Å². The molecule has 14 nitrogen and oxygen atoms in total. The average Bonchev–Trinajstić information content (AvgIpc) is 3.46. The van der Waals surface area contributed by atoms with Crippen LogP contribution < -0.4 is 5.32 Å². The van der Waals surface area contributed by atoms with Crippen molar-refractivity contribution in [3.8, 4) is 0 Å². The number of carbonyl (C=O) groups excluding carboxylic acids is 1. The van der Waals surface area contributed by atoms with Gasteiger partial charge in [0, 0.05) is 6.42 Å². The normalized spacial score (nSPS) is 24.6. The predicted octanol–water partition coefficient (Wildman–Crippen LogP) is 12.1. The minimum Gasteiger partial charge on any atom is -0.394 e. The number of hydrogen-bond acceptors (Lipinski definition) is 13. The molecule has 80 heavy (non-hydrogen) atoms. The second-order valence-electron chi connectivity index (χ2n) is 22.9. The highest BCUT2D eigenvalue weighted by atomic mass is 16.7. The molecule has 2 heterocycles. The number of aliphatic hydroxyl groups excluding tert-OH is 8. The lowest BCUT2D eigenvalue weighted by atomic mass is 9.97. The third-order valence-corrected chi connectivity index (χ3v) is 15.7. The number of unbranched alkanes of at least 4 members (excludes halogenated alkanes) is 31. The Morgan fingerprint density at radius 3 is 1.30 bits per heavy atom. The number of amides is 1. The SMILES string of the molecule is CCCCCCC/C=C\C/C=C\CCCCCCCCCCCCCCCCCCCC(=O)NC(COC1OC(CO)C(OC2OC(CO)C(O)C(O)C2O)C(O)C1O)C(O)/C=C/CC/C=C/CC/C=C/CCCCCCCCC. The molecule has 0 bridgehead atoms. The van der Waals surface area contributed by atoms with Gasteiger partial charge in [0.05, 0.1) is 32.0 Å². The van der Waals surface area contributed by atoms with Crippen LogP contribution in [-0.2, 0) is 23.7 Å². The molecule has 0 aromatic rings. The summed E-state index contributed by atoms with van der Waals surface area (Å²) in [7, 11) is 0. The van der Waals surface area contributed by atoms with Crippen molar-refractivity contribution < 1.29 is 64.6 Å². The zero-order valence-corrected chi connectivity index (χ0v) is 50.3. The highest BCUT2D eigenvalue weighted by Gasteiger charge is 2.51. The van der Waals surface area contributed by atoms with Gasteiger partial charge in [0.15, 0.2) is 12.6 Å². The lowest BCUT2D eigenvalue weighted by Gasteiger charge is -2.46. The van der Waals surface area contributed by atoms with Crippen LogP contribution >= 0.6 is 0 Å². The summed E-state index contributed by atoms with van der Waals surface area (Å²) in [6.45, 7) is 2.77. The molecule has 0 aromatic heterocycles. The monoisotopic (exact) mass is 1130 g/mol. The van der Waals surface area contributed by atoms with Crippen LogP contribution in [0.3, 0.4) is 0 Å². The van der Waals surface area contributed by atoms with E-state index in [2.05, 4.69) is 67.8 Å². The van der Waals surface area contributed by atoms with E-state index in [1.165, 1.54) is 173 Å². The molecule has 1 amide bonds. The van der Waals surface area contributed by atoms with E-state index >= 15 is 0 Å².